The van der Waals surface area contributed by atoms with Crippen LogP contribution in [0.15, 0.2) is 180 Å². The van der Waals surface area contributed by atoms with E-state index in [2.05, 4.69) is 30.6 Å². The maximum Gasteiger partial charge on any atom is 0.295 e. The van der Waals surface area contributed by atoms with Crippen LogP contribution in [0.2, 0.25) is 0 Å². The molecule has 320 valence electrons. The molecule has 0 saturated heterocycles. The Bertz CT molecular complexity index is 2950. The molecule has 8 aromatic rings. The first-order valence-electron chi connectivity index (χ1n) is 19.0. The Hall–Kier alpha value is -8.16. The zero-order valence-corrected chi connectivity index (χ0v) is 34.7. The molecule has 64 heavy (non-hydrogen) atoms. The maximum absolute atomic E-state index is 12.7. The predicted molar refractivity (Wildman–Crippen MR) is 238 cm³/mol. The Morgan fingerprint density at radius 1 is 0.438 bits per heavy atom. The second-order valence-electron chi connectivity index (χ2n) is 13.4. The van der Waals surface area contributed by atoms with Crippen molar-refractivity contribution in [3.05, 3.63) is 181 Å². The van der Waals surface area contributed by atoms with E-state index in [1.54, 1.807) is 97.1 Å². The number of hydrogen-bond donors (Lipinski definition) is 4. The van der Waals surface area contributed by atoms with Crippen LogP contribution >= 0.6 is 0 Å². The lowest BCUT2D eigenvalue weighted by molar-refractivity contribution is 0.403. The van der Waals surface area contributed by atoms with E-state index >= 15 is 0 Å². The van der Waals surface area contributed by atoms with Gasteiger partial charge in [0.15, 0.2) is 0 Å². The van der Waals surface area contributed by atoms with Crippen molar-refractivity contribution in [3.63, 3.8) is 0 Å². The summed E-state index contributed by atoms with van der Waals surface area (Å²) in [4.78, 5) is 16.5. The molecule has 0 unspecified atom stereocenters. The topological polar surface area (TPSA) is 221 Å². The molecule has 0 aliphatic rings. The molecule has 6 aromatic carbocycles. The predicted octanol–water partition coefficient (Wildman–Crippen LogP) is 10.6. The summed E-state index contributed by atoms with van der Waals surface area (Å²) in [6, 6.07) is 43.6. The first-order valence-corrected chi connectivity index (χ1v) is 21.9. The van der Waals surface area contributed by atoms with Crippen LogP contribution in [0.1, 0.15) is 11.1 Å². The minimum atomic E-state index is -4.85. The number of ether oxygens (including phenoxy) is 4. The zero-order valence-electron chi connectivity index (χ0n) is 33.1. The van der Waals surface area contributed by atoms with E-state index in [-0.39, 0.29) is 57.7 Å². The zero-order chi connectivity index (χ0) is 44.5. The summed E-state index contributed by atoms with van der Waals surface area (Å²) >= 11 is 0. The Balaban J connectivity index is 1.05. The number of aromatic nitrogens is 4. The largest absolute Gasteiger partial charge is 0.450 e. The summed E-state index contributed by atoms with van der Waals surface area (Å²) in [6.07, 6.45) is 5.31. The fraction of sp³-hybridized carbons (Fsp3) is 0. The molecule has 0 aliphatic heterocycles. The van der Waals surface area contributed by atoms with Gasteiger partial charge in [-0.05, 0) is 83.9 Å². The first kappa shape index (κ1) is 42.5. The van der Waals surface area contributed by atoms with Gasteiger partial charge in [0.25, 0.3) is 32.0 Å². The van der Waals surface area contributed by atoms with Crippen molar-refractivity contribution in [1.82, 2.24) is 19.9 Å². The van der Waals surface area contributed by atoms with Gasteiger partial charge in [-0.25, -0.2) is 9.97 Å². The van der Waals surface area contributed by atoms with Gasteiger partial charge in [0.1, 0.15) is 32.8 Å². The van der Waals surface area contributed by atoms with Crippen molar-refractivity contribution in [3.8, 4) is 46.3 Å². The SMILES string of the molecule is O=S(=O)(O)c1cc(Nc2ncc(Oc3ccccc3)c(Oc3ccccc3)n2)ccc1C=Cc1ccc(Nc2ncc(Oc3ccccc3)c(Oc3ccccc3)n2)cc1S(=O)(=O)O. The number of rotatable bonds is 16. The van der Waals surface area contributed by atoms with Crippen LogP contribution in [0.3, 0.4) is 0 Å². The summed E-state index contributed by atoms with van der Waals surface area (Å²) < 4.78 is 95.2. The van der Waals surface area contributed by atoms with Gasteiger partial charge < -0.3 is 29.6 Å². The van der Waals surface area contributed by atoms with Gasteiger partial charge in [-0.2, -0.15) is 26.8 Å². The second kappa shape index (κ2) is 18.8. The van der Waals surface area contributed by atoms with E-state index in [0.29, 0.717) is 23.0 Å². The van der Waals surface area contributed by atoms with E-state index in [9.17, 15) is 25.9 Å². The summed E-state index contributed by atoms with van der Waals surface area (Å²) in [6.45, 7) is 0. The minimum Gasteiger partial charge on any atom is -0.450 e. The van der Waals surface area contributed by atoms with Crippen molar-refractivity contribution in [2.24, 2.45) is 0 Å². The minimum absolute atomic E-state index is 0.00391. The van der Waals surface area contributed by atoms with Gasteiger partial charge in [-0.3, -0.25) is 9.11 Å². The van der Waals surface area contributed by atoms with Crippen LogP contribution in [-0.4, -0.2) is 45.9 Å². The van der Waals surface area contributed by atoms with Crippen LogP contribution in [0.25, 0.3) is 12.2 Å². The Morgan fingerprint density at radius 3 is 1.09 bits per heavy atom. The Kier molecular flexibility index (Phi) is 12.5. The van der Waals surface area contributed by atoms with Crippen molar-refractivity contribution in [2.45, 2.75) is 9.79 Å². The van der Waals surface area contributed by atoms with Gasteiger partial charge in [0.05, 0.1) is 12.4 Å². The lowest BCUT2D eigenvalue weighted by Crippen LogP contribution is -2.05. The number of nitrogens with one attached hydrogen (secondary N) is 2. The molecule has 0 bridgehead atoms. The highest BCUT2D eigenvalue weighted by Gasteiger charge is 2.20. The molecule has 0 aliphatic carbocycles. The molecule has 2 heterocycles. The molecule has 8 rings (SSSR count). The molecular formula is C46H34N6O10S2. The number of benzene rings is 6. The standard InChI is InChI=1S/C46H34N6O10S2/c53-63(54,55)41-27-33(49-45-47-29-39(59-35-13-5-1-6-14-35)43(51-45)61-37-17-9-3-10-18-37)25-23-31(41)21-22-32-24-26-34(28-42(32)64(56,57)58)50-46-48-30-40(60-36-15-7-2-8-16-36)44(52-46)62-38-19-11-4-12-20-38/h1-30H,(H,47,49,51)(H,48,50,52)(H,53,54,55)(H,56,57,58). The molecule has 0 fully saturated rings. The maximum atomic E-state index is 12.7. The quantitative estimate of drug-likeness (QED) is 0.0523. The third kappa shape index (κ3) is 11.0. The van der Waals surface area contributed by atoms with Crippen molar-refractivity contribution < 1.29 is 44.9 Å². The number of anilines is 4. The highest BCUT2D eigenvalue weighted by atomic mass is 32.2. The van der Waals surface area contributed by atoms with Gasteiger partial charge in [0.2, 0.25) is 23.4 Å². The summed E-state index contributed by atoms with van der Waals surface area (Å²) in [5.74, 6) is 2.48. The van der Waals surface area contributed by atoms with Crippen LogP contribution in [0, 0.1) is 0 Å². The average Bonchev–Trinajstić information content (AvgIpc) is 3.29. The fourth-order valence-corrected chi connectivity index (χ4v) is 7.35. The monoisotopic (exact) mass is 894 g/mol. The summed E-state index contributed by atoms with van der Waals surface area (Å²) in [5, 5.41) is 5.83. The van der Waals surface area contributed by atoms with E-state index in [1.807, 2.05) is 24.3 Å². The molecule has 4 N–H and O–H groups in total. The van der Waals surface area contributed by atoms with Crippen LogP contribution in [-0.2, 0) is 20.2 Å². The average molecular weight is 895 g/mol. The van der Waals surface area contributed by atoms with Gasteiger partial charge in [-0.15, -0.1) is 0 Å². The van der Waals surface area contributed by atoms with Crippen molar-refractivity contribution in [2.75, 3.05) is 10.6 Å². The smallest absolute Gasteiger partial charge is 0.295 e. The molecule has 16 nitrogen and oxygen atoms in total. The number of nitrogens with zero attached hydrogens (tertiary/aromatic N) is 4. The molecule has 2 aromatic heterocycles. The van der Waals surface area contributed by atoms with Gasteiger partial charge in [-0.1, -0.05) is 97.1 Å². The Labute approximate surface area is 367 Å². The third-order valence-corrected chi connectivity index (χ3v) is 10.7. The third-order valence-electron chi connectivity index (χ3n) is 8.84. The number of para-hydroxylation sites is 4. The highest BCUT2D eigenvalue weighted by molar-refractivity contribution is 7.86. The van der Waals surface area contributed by atoms with E-state index in [0.717, 1.165) is 12.1 Å². The molecule has 0 spiro atoms. The van der Waals surface area contributed by atoms with E-state index in [1.165, 1.54) is 48.8 Å². The molecule has 0 amide bonds. The summed E-state index contributed by atoms with van der Waals surface area (Å²) in [5.41, 5.74) is 0.296. The molecule has 18 heteroatoms. The normalized spacial score (nSPS) is 11.5. The Morgan fingerprint density at radius 2 is 0.766 bits per heavy atom. The lowest BCUT2D eigenvalue weighted by Gasteiger charge is -2.14. The van der Waals surface area contributed by atoms with Crippen molar-refractivity contribution >= 4 is 55.7 Å². The van der Waals surface area contributed by atoms with Crippen LogP contribution < -0.4 is 29.6 Å². The molecular weight excluding hydrogens is 861 g/mol. The summed E-state index contributed by atoms with van der Waals surface area (Å²) in [7, 11) is -9.71. The van der Waals surface area contributed by atoms with E-state index in [4.69, 9.17) is 18.9 Å². The van der Waals surface area contributed by atoms with E-state index < -0.39 is 30.0 Å². The first-order chi connectivity index (χ1) is 30.9. The molecule has 0 atom stereocenters. The van der Waals surface area contributed by atoms with Gasteiger partial charge in [0, 0.05) is 11.4 Å². The van der Waals surface area contributed by atoms with Gasteiger partial charge >= 0.3 is 0 Å². The highest BCUT2D eigenvalue weighted by Crippen LogP contribution is 2.36. The fourth-order valence-electron chi connectivity index (χ4n) is 5.93. The number of hydrogen-bond acceptors (Lipinski definition) is 14. The van der Waals surface area contributed by atoms with Crippen molar-refractivity contribution in [1.29, 1.82) is 0 Å². The van der Waals surface area contributed by atoms with Crippen LogP contribution in [0.4, 0.5) is 23.3 Å². The van der Waals surface area contributed by atoms with Crippen LogP contribution in [0.5, 0.6) is 46.3 Å². The second-order valence-corrected chi connectivity index (χ2v) is 16.2. The molecule has 0 saturated carbocycles. The lowest BCUT2D eigenvalue weighted by atomic mass is 10.1. The molecule has 0 radical (unpaired) electrons.